The smallest absolute Gasteiger partial charge is 0.229 e. The average molecular weight is 177 g/mol. The van der Waals surface area contributed by atoms with E-state index in [9.17, 15) is 4.79 Å². The van der Waals surface area contributed by atoms with E-state index in [1.165, 1.54) is 13.1 Å². The van der Waals surface area contributed by atoms with Gasteiger partial charge >= 0.3 is 0 Å². The summed E-state index contributed by atoms with van der Waals surface area (Å²) < 4.78 is 1.69. The standard InChI is InChI=1S/C9H11N3O/c1-4-5-10-9-11-8(7(2)13)6-12(9)3/h4-6H,1H2,2-3H3/b10-5-. The van der Waals surface area contributed by atoms with Crippen molar-refractivity contribution in [2.75, 3.05) is 0 Å². The lowest BCUT2D eigenvalue weighted by Gasteiger charge is -1.89. The highest BCUT2D eigenvalue weighted by Gasteiger charge is 2.06. The number of carbonyl (C=O) groups is 1. The first-order valence-corrected chi connectivity index (χ1v) is 3.84. The van der Waals surface area contributed by atoms with E-state index < -0.39 is 0 Å². The highest BCUT2D eigenvalue weighted by molar-refractivity contribution is 5.92. The Labute approximate surface area is 76.6 Å². The third-order valence-corrected chi connectivity index (χ3v) is 1.51. The number of hydrogen-bond acceptors (Lipinski definition) is 3. The highest BCUT2D eigenvalue weighted by Crippen LogP contribution is 2.09. The van der Waals surface area contributed by atoms with Crippen LogP contribution in [0.15, 0.2) is 23.8 Å². The Morgan fingerprint density at radius 2 is 2.46 bits per heavy atom. The second kappa shape index (κ2) is 3.80. The predicted octanol–water partition coefficient (Wildman–Crippen LogP) is 1.51. The van der Waals surface area contributed by atoms with E-state index in [1.54, 1.807) is 23.9 Å². The monoisotopic (exact) mass is 177 g/mol. The molecular formula is C9H11N3O. The normalized spacial score (nSPS) is 10.6. The van der Waals surface area contributed by atoms with Crippen LogP contribution in [-0.4, -0.2) is 21.5 Å². The van der Waals surface area contributed by atoms with Crippen molar-refractivity contribution in [2.24, 2.45) is 12.0 Å². The van der Waals surface area contributed by atoms with Gasteiger partial charge in [0.15, 0.2) is 5.78 Å². The Kier molecular flexibility index (Phi) is 2.74. The molecule has 0 bridgehead atoms. The minimum absolute atomic E-state index is 0.0596. The van der Waals surface area contributed by atoms with Gasteiger partial charge in [0.05, 0.1) is 0 Å². The summed E-state index contributed by atoms with van der Waals surface area (Å²) in [5.74, 6) is 0.445. The number of aryl methyl sites for hydroxylation is 1. The molecule has 0 aromatic carbocycles. The summed E-state index contributed by atoms with van der Waals surface area (Å²) in [7, 11) is 1.79. The van der Waals surface area contributed by atoms with E-state index in [0.717, 1.165) is 0 Å². The maximum absolute atomic E-state index is 10.9. The van der Waals surface area contributed by atoms with Gasteiger partial charge in [0.25, 0.3) is 0 Å². The van der Waals surface area contributed by atoms with Crippen LogP contribution < -0.4 is 0 Å². The van der Waals surface area contributed by atoms with Crippen LogP contribution in [0.3, 0.4) is 0 Å². The highest BCUT2D eigenvalue weighted by atomic mass is 16.1. The fraction of sp³-hybridized carbons (Fsp3) is 0.222. The summed E-state index contributed by atoms with van der Waals surface area (Å²) in [5, 5.41) is 0. The predicted molar refractivity (Wildman–Crippen MR) is 51.6 cm³/mol. The number of Topliss-reactive ketones (excluding diaryl/α,β-unsaturated/α-hetero) is 1. The quantitative estimate of drug-likeness (QED) is 0.519. The topological polar surface area (TPSA) is 47.2 Å². The Morgan fingerprint density at radius 1 is 1.77 bits per heavy atom. The number of carbonyl (C=O) groups excluding carboxylic acids is 1. The molecule has 0 spiro atoms. The third-order valence-electron chi connectivity index (χ3n) is 1.51. The average Bonchev–Trinajstić information content (AvgIpc) is 2.44. The summed E-state index contributed by atoms with van der Waals surface area (Å²) in [5.41, 5.74) is 0.429. The zero-order chi connectivity index (χ0) is 9.84. The first-order valence-electron chi connectivity index (χ1n) is 3.84. The van der Waals surface area contributed by atoms with Crippen LogP contribution in [0.2, 0.25) is 0 Å². The van der Waals surface area contributed by atoms with E-state index in [-0.39, 0.29) is 5.78 Å². The number of imidazole rings is 1. The van der Waals surface area contributed by atoms with Gasteiger partial charge in [-0.3, -0.25) is 4.79 Å². The van der Waals surface area contributed by atoms with E-state index in [4.69, 9.17) is 0 Å². The summed E-state index contributed by atoms with van der Waals surface area (Å²) in [6.07, 6.45) is 4.74. The molecule has 1 aromatic rings. The maximum Gasteiger partial charge on any atom is 0.229 e. The molecule has 0 atom stereocenters. The second-order valence-electron chi connectivity index (χ2n) is 2.61. The van der Waals surface area contributed by atoms with Crippen LogP contribution in [0.5, 0.6) is 0 Å². The van der Waals surface area contributed by atoms with E-state index in [0.29, 0.717) is 11.6 Å². The van der Waals surface area contributed by atoms with Gasteiger partial charge in [-0.15, -0.1) is 0 Å². The molecule has 4 nitrogen and oxygen atoms in total. The lowest BCUT2D eigenvalue weighted by molar-refractivity contribution is 0.101. The molecule has 1 aromatic heterocycles. The molecule has 0 aliphatic heterocycles. The first-order chi connectivity index (χ1) is 6.15. The van der Waals surface area contributed by atoms with Crippen molar-refractivity contribution in [3.63, 3.8) is 0 Å². The number of hydrogen-bond donors (Lipinski definition) is 0. The van der Waals surface area contributed by atoms with Gasteiger partial charge in [-0.1, -0.05) is 12.7 Å². The van der Waals surface area contributed by atoms with Gasteiger partial charge < -0.3 is 4.57 Å². The summed E-state index contributed by atoms with van der Waals surface area (Å²) in [6.45, 7) is 4.97. The van der Waals surface area contributed by atoms with Crippen molar-refractivity contribution in [3.8, 4) is 0 Å². The van der Waals surface area contributed by atoms with Crippen LogP contribution >= 0.6 is 0 Å². The van der Waals surface area contributed by atoms with Gasteiger partial charge in [-0.2, -0.15) is 0 Å². The van der Waals surface area contributed by atoms with Crippen molar-refractivity contribution < 1.29 is 4.79 Å². The SMILES string of the molecule is C=C/C=N\c1nc(C(C)=O)cn1C. The molecular weight excluding hydrogens is 166 g/mol. The molecule has 1 heterocycles. The Balaban J connectivity index is 3.02. The fourth-order valence-electron chi connectivity index (χ4n) is 0.866. The largest absolute Gasteiger partial charge is 0.318 e. The van der Waals surface area contributed by atoms with Crippen molar-refractivity contribution >= 4 is 17.9 Å². The van der Waals surface area contributed by atoms with Gasteiger partial charge in [0.2, 0.25) is 5.95 Å². The number of rotatable bonds is 3. The zero-order valence-corrected chi connectivity index (χ0v) is 7.69. The molecule has 0 saturated heterocycles. The molecule has 0 amide bonds. The third kappa shape index (κ3) is 2.11. The molecule has 0 radical (unpaired) electrons. The molecule has 0 unspecified atom stereocenters. The molecule has 0 aliphatic rings. The Morgan fingerprint density at radius 3 is 2.92 bits per heavy atom. The molecule has 1 rings (SSSR count). The lowest BCUT2D eigenvalue weighted by Crippen LogP contribution is -1.90. The van der Waals surface area contributed by atoms with Crippen molar-refractivity contribution in [3.05, 3.63) is 24.5 Å². The second-order valence-corrected chi connectivity index (χ2v) is 2.61. The molecule has 68 valence electrons. The van der Waals surface area contributed by atoms with E-state index >= 15 is 0 Å². The lowest BCUT2D eigenvalue weighted by atomic mass is 10.3. The van der Waals surface area contributed by atoms with Crippen LogP contribution in [0, 0.1) is 0 Å². The zero-order valence-electron chi connectivity index (χ0n) is 7.69. The van der Waals surface area contributed by atoms with Gasteiger partial charge in [0, 0.05) is 26.4 Å². The fourth-order valence-corrected chi connectivity index (χ4v) is 0.866. The molecule has 13 heavy (non-hydrogen) atoms. The number of nitrogens with zero attached hydrogens (tertiary/aromatic N) is 3. The summed E-state index contributed by atoms with van der Waals surface area (Å²) >= 11 is 0. The van der Waals surface area contributed by atoms with Crippen molar-refractivity contribution in [1.82, 2.24) is 9.55 Å². The minimum Gasteiger partial charge on any atom is -0.318 e. The van der Waals surface area contributed by atoms with E-state index in [2.05, 4.69) is 16.6 Å². The first kappa shape index (κ1) is 9.38. The number of ketones is 1. The van der Waals surface area contributed by atoms with Crippen molar-refractivity contribution in [2.45, 2.75) is 6.92 Å². The van der Waals surface area contributed by atoms with Gasteiger partial charge in [0.1, 0.15) is 5.69 Å². The number of aromatic nitrogens is 2. The van der Waals surface area contributed by atoms with Crippen LogP contribution in [0.4, 0.5) is 5.95 Å². The molecule has 0 fully saturated rings. The van der Waals surface area contributed by atoms with E-state index in [1.807, 2.05) is 0 Å². The molecule has 0 aliphatic carbocycles. The summed E-state index contributed by atoms with van der Waals surface area (Å²) in [4.78, 5) is 18.9. The number of allylic oxidation sites excluding steroid dienone is 1. The maximum atomic E-state index is 10.9. The molecule has 0 saturated carbocycles. The molecule has 4 heteroatoms. The minimum atomic E-state index is -0.0596. The van der Waals surface area contributed by atoms with Crippen LogP contribution in [-0.2, 0) is 7.05 Å². The Hall–Kier alpha value is -1.71. The Bertz CT molecular complexity index is 363. The van der Waals surface area contributed by atoms with Crippen LogP contribution in [0.1, 0.15) is 17.4 Å². The number of aliphatic imine (C=N–C) groups is 1. The van der Waals surface area contributed by atoms with Crippen LogP contribution in [0.25, 0.3) is 0 Å². The molecule has 0 N–H and O–H groups in total. The van der Waals surface area contributed by atoms with Crippen molar-refractivity contribution in [1.29, 1.82) is 0 Å². The van der Waals surface area contributed by atoms with Gasteiger partial charge in [-0.25, -0.2) is 9.98 Å². The summed E-state index contributed by atoms with van der Waals surface area (Å²) in [6, 6.07) is 0. The van der Waals surface area contributed by atoms with Gasteiger partial charge in [-0.05, 0) is 0 Å².